The molecule has 1 unspecified atom stereocenters. The van der Waals surface area contributed by atoms with Crippen LogP contribution in [0.2, 0.25) is 0 Å². The topological polar surface area (TPSA) is 106 Å². The third-order valence-electron chi connectivity index (χ3n) is 3.86. The first-order chi connectivity index (χ1) is 12.9. The summed E-state index contributed by atoms with van der Waals surface area (Å²) in [6.07, 6.45) is 0.102. The molecule has 1 saturated heterocycles. The van der Waals surface area contributed by atoms with Gasteiger partial charge in [0, 0.05) is 38.2 Å². The molecule has 1 fully saturated rings. The van der Waals surface area contributed by atoms with Crippen LogP contribution in [0.4, 0.5) is 5.82 Å². The van der Waals surface area contributed by atoms with Crippen LogP contribution in [0.25, 0.3) is 0 Å². The fourth-order valence-corrected chi connectivity index (χ4v) is 2.95. The second-order valence-corrected chi connectivity index (χ2v) is 7.90. The largest absolute Gasteiger partial charge is 0.470 e. The molecule has 2 N–H and O–H groups in total. The number of aliphatic hydroxyl groups is 1. The average Bonchev–Trinajstić information content (AvgIpc) is 3.11. The molecule has 1 aromatic heterocycles. The number of aromatic nitrogens is 2. The van der Waals surface area contributed by atoms with Gasteiger partial charge in [0.25, 0.3) is 5.88 Å². The molecule has 0 aliphatic carbocycles. The lowest BCUT2D eigenvalue weighted by atomic mass is 10.1. The summed E-state index contributed by atoms with van der Waals surface area (Å²) in [7, 11) is 0. The van der Waals surface area contributed by atoms with Gasteiger partial charge in [0.1, 0.15) is 12.7 Å². The number of carbonyl (C=O) groups excluding carboxylic acids is 1. The van der Waals surface area contributed by atoms with E-state index in [1.165, 1.54) is 0 Å². The maximum atomic E-state index is 11.9. The number of nitrogens with one attached hydrogen (secondary N) is 1. The Balaban J connectivity index is 1.93. The van der Waals surface area contributed by atoms with Crippen molar-refractivity contribution in [2.45, 2.75) is 45.3 Å². The Morgan fingerprint density at radius 1 is 1.37 bits per heavy atom. The predicted octanol–water partition coefficient (Wildman–Crippen LogP) is 0.826. The standard InChI is InChI=1S/C17H30N4O5S/c1-17(2,3)18-11-13(26-14(23)5-4-8-22)12-25-16-15(19-27-20-16)21-6-9-24-10-7-21/h13,18,22H,4-12H2,1-3H3. The second-order valence-electron chi connectivity index (χ2n) is 7.37. The molecule has 0 radical (unpaired) electrons. The fourth-order valence-electron chi connectivity index (χ4n) is 2.43. The summed E-state index contributed by atoms with van der Waals surface area (Å²) < 4.78 is 25.3. The van der Waals surface area contributed by atoms with Gasteiger partial charge in [-0.15, -0.1) is 4.37 Å². The highest BCUT2D eigenvalue weighted by Crippen LogP contribution is 2.26. The maximum Gasteiger partial charge on any atom is 0.306 e. The van der Waals surface area contributed by atoms with Crippen LogP contribution >= 0.6 is 11.7 Å². The minimum absolute atomic E-state index is 0.0378. The van der Waals surface area contributed by atoms with Gasteiger partial charge in [-0.2, -0.15) is 4.37 Å². The Morgan fingerprint density at radius 3 is 2.78 bits per heavy atom. The van der Waals surface area contributed by atoms with Gasteiger partial charge in [-0.3, -0.25) is 4.79 Å². The molecule has 0 spiro atoms. The van der Waals surface area contributed by atoms with Crippen LogP contribution in [0.1, 0.15) is 33.6 Å². The van der Waals surface area contributed by atoms with Gasteiger partial charge in [0.05, 0.1) is 24.9 Å². The van der Waals surface area contributed by atoms with Crippen LogP contribution in [0, 0.1) is 0 Å². The van der Waals surface area contributed by atoms with E-state index < -0.39 is 6.10 Å². The van der Waals surface area contributed by atoms with Crippen molar-refractivity contribution in [3.63, 3.8) is 0 Å². The first-order valence-corrected chi connectivity index (χ1v) is 9.95. The number of aliphatic hydroxyl groups excluding tert-OH is 1. The van der Waals surface area contributed by atoms with Gasteiger partial charge in [-0.25, -0.2) is 0 Å². The van der Waals surface area contributed by atoms with Gasteiger partial charge >= 0.3 is 5.97 Å². The minimum atomic E-state index is -0.463. The van der Waals surface area contributed by atoms with Gasteiger partial charge in [0.2, 0.25) is 5.82 Å². The molecule has 9 nitrogen and oxygen atoms in total. The molecular weight excluding hydrogens is 372 g/mol. The molecule has 1 aliphatic heterocycles. The van der Waals surface area contributed by atoms with Gasteiger partial charge in [0.15, 0.2) is 0 Å². The third-order valence-corrected chi connectivity index (χ3v) is 4.36. The molecule has 2 heterocycles. The Bertz CT molecular complexity index is 572. The number of anilines is 1. The normalized spacial score (nSPS) is 16.2. The van der Waals surface area contributed by atoms with E-state index in [2.05, 4.69) is 19.0 Å². The molecule has 0 bridgehead atoms. The van der Waals surface area contributed by atoms with Crippen molar-refractivity contribution in [2.24, 2.45) is 0 Å². The molecule has 10 heteroatoms. The highest BCUT2D eigenvalue weighted by Gasteiger charge is 2.23. The molecule has 154 valence electrons. The summed E-state index contributed by atoms with van der Waals surface area (Å²) in [5, 5.41) is 12.2. The number of hydrogen-bond donors (Lipinski definition) is 2. The zero-order chi connectivity index (χ0) is 19.7. The number of morpholine rings is 1. The van der Waals surface area contributed by atoms with E-state index in [1.807, 2.05) is 20.8 Å². The Hall–Kier alpha value is -1.49. The highest BCUT2D eigenvalue weighted by molar-refractivity contribution is 6.99. The lowest BCUT2D eigenvalue weighted by molar-refractivity contribution is -0.150. The van der Waals surface area contributed by atoms with E-state index in [0.29, 0.717) is 37.9 Å². The maximum absolute atomic E-state index is 11.9. The summed E-state index contributed by atoms with van der Waals surface area (Å²) in [5.41, 5.74) is -0.114. The van der Waals surface area contributed by atoms with Gasteiger partial charge < -0.3 is 29.5 Å². The van der Waals surface area contributed by atoms with E-state index in [0.717, 1.165) is 24.8 Å². The van der Waals surface area contributed by atoms with Crippen molar-refractivity contribution in [2.75, 3.05) is 51.0 Å². The zero-order valence-electron chi connectivity index (χ0n) is 16.3. The lowest BCUT2D eigenvalue weighted by Gasteiger charge is -2.27. The Kier molecular flexibility index (Phi) is 8.68. The Morgan fingerprint density at radius 2 is 2.11 bits per heavy atom. The van der Waals surface area contributed by atoms with Crippen LogP contribution in [-0.4, -0.2) is 77.5 Å². The van der Waals surface area contributed by atoms with Crippen LogP contribution in [0.15, 0.2) is 0 Å². The van der Waals surface area contributed by atoms with Crippen LogP contribution < -0.4 is 15.0 Å². The van der Waals surface area contributed by atoms with Crippen LogP contribution in [0.3, 0.4) is 0 Å². The average molecular weight is 403 g/mol. The molecule has 1 atom stereocenters. The first-order valence-electron chi connectivity index (χ1n) is 9.22. The molecule has 1 aromatic rings. The number of ether oxygens (including phenoxy) is 3. The highest BCUT2D eigenvalue weighted by atomic mass is 32.1. The smallest absolute Gasteiger partial charge is 0.306 e. The van der Waals surface area contributed by atoms with E-state index in [4.69, 9.17) is 19.3 Å². The number of carbonyl (C=O) groups is 1. The lowest BCUT2D eigenvalue weighted by Crippen LogP contribution is -2.44. The van der Waals surface area contributed by atoms with Crippen LogP contribution in [-0.2, 0) is 14.3 Å². The van der Waals surface area contributed by atoms with Gasteiger partial charge in [-0.1, -0.05) is 0 Å². The quantitative estimate of drug-likeness (QED) is 0.550. The van der Waals surface area contributed by atoms with Crippen molar-refractivity contribution < 1.29 is 24.1 Å². The molecule has 1 aliphatic rings. The molecular formula is C17H30N4O5S. The van der Waals surface area contributed by atoms with Gasteiger partial charge in [-0.05, 0) is 27.2 Å². The zero-order valence-corrected chi connectivity index (χ0v) is 17.1. The van der Waals surface area contributed by atoms with E-state index in [9.17, 15) is 4.79 Å². The predicted molar refractivity (Wildman–Crippen MR) is 102 cm³/mol. The Labute approximate surface area is 164 Å². The summed E-state index contributed by atoms with van der Waals surface area (Å²) in [6.45, 7) is 9.51. The molecule has 0 aromatic carbocycles. The summed E-state index contributed by atoms with van der Waals surface area (Å²) in [4.78, 5) is 14.0. The van der Waals surface area contributed by atoms with E-state index >= 15 is 0 Å². The summed E-state index contributed by atoms with van der Waals surface area (Å²) in [5.74, 6) is 0.810. The summed E-state index contributed by atoms with van der Waals surface area (Å²) >= 11 is 1.10. The van der Waals surface area contributed by atoms with Crippen molar-refractivity contribution >= 4 is 23.5 Å². The number of rotatable bonds is 10. The van der Waals surface area contributed by atoms with Crippen molar-refractivity contribution in [3.05, 3.63) is 0 Å². The number of hydrogen-bond acceptors (Lipinski definition) is 10. The second kappa shape index (κ2) is 10.7. The molecule has 2 rings (SSSR count). The summed E-state index contributed by atoms with van der Waals surface area (Å²) in [6, 6.07) is 0. The molecule has 0 saturated carbocycles. The number of esters is 1. The monoisotopic (exact) mass is 402 g/mol. The van der Waals surface area contributed by atoms with E-state index in [1.54, 1.807) is 0 Å². The van der Waals surface area contributed by atoms with Crippen molar-refractivity contribution in [3.8, 4) is 5.88 Å². The third kappa shape index (κ3) is 7.96. The molecule has 0 amide bonds. The van der Waals surface area contributed by atoms with Crippen molar-refractivity contribution in [1.82, 2.24) is 14.1 Å². The SMILES string of the molecule is CC(C)(C)NCC(COc1nsnc1N1CCOCC1)OC(=O)CCCO. The van der Waals surface area contributed by atoms with Crippen molar-refractivity contribution in [1.29, 1.82) is 0 Å². The molecule has 27 heavy (non-hydrogen) atoms. The fraction of sp³-hybridized carbons (Fsp3) is 0.824. The number of nitrogens with zero attached hydrogens (tertiary/aromatic N) is 3. The first kappa shape index (κ1) is 21.8. The minimum Gasteiger partial charge on any atom is -0.470 e. The van der Waals surface area contributed by atoms with Crippen LogP contribution in [0.5, 0.6) is 5.88 Å². The van der Waals surface area contributed by atoms with E-state index in [-0.39, 0.29) is 31.1 Å².